The van der Waals surface area contributed by atoms with Crippen molar-refractivity contribution in [3.8, 4) is 5.75 Å². The molecule has 1 atom stereocenters. The van der Waals surface area contributed by atoms with E-state index < -0.39 is 0 Å². The van der Waals surface area contributed by atoms with Crippen LogP contribution in [0, 0.1) is 0 Å². The van der Waals surface area contributed by atoms with Gasteiger partial charge in [-0.05, 0) is 32.0 Å². The number of nitrogens with one attached hydrogen (secondary N) is 2. The number of hydrogen-bond acceptors (Lipinski definition) is 5. The molecule has 31 heavy (non-hydrogen) atoms. The largest absolute Gasteiger partial charge is 0.496 e. The number of oxazole rings is 1. The standard InChI is InChI=1S/C24H37N5O2/c1-24(2,3)21-16-26-22(31-21)17-28-23(25-4)27-15-19(29-13-9-6-10-14-29)18-11-7-8-12-20(18)30-5/h7-8,11-12,16,19H,6,9-10,13-15,17H2,1-5H3,(H2,25,27,28). The molecule has 7 heteroatoms. The summed E-state index contributed by atoms with van der Waals surface area (Å²) in [4.78, 5) is 11.3. The van der Waals surface area contributed by atoms with Crippen molar-refractivity contribution in [2.45, 2.75) is 58.0 Å². The summed E-state index contributed by atoms with van der Waals surface area (Å²) < 4.78 is 11.5. The van der Waals surface area contributed by atoms with Crippen LogP contribution < -0.4 is 15.4 Å². The Hall–Kier alpha value is -2.54. The lowest BCUT2D eigenvalue weighted by Gasteiger charge is -2.35. The van der Waals surface area contributed by atoms with Gasteiger partial charge in [-0.2, -0.15) is 0 Å². The topological polar surface area (TPSA) is 74.9 Å². The van der Waals surface area contributed by atoms with Crippen molar-refractivity contribution in [2.75, 3.05) is 33.8 Å². The number of hydrogen-bond donors (Lipinski definition) is 2. The Bertz CT molecular complexity index is 850. The zero-order valence-corrected chi connectivity index (χ0v) is 19.6. The van der Waals surface area contributed by atoms with Gasteiger partial charge in [0, 0.05) is 24.6 Å². The monoisotopic (exact) mass is 427 g/mol. The highest BCUT2D eigenvalue weighted by molar-refractivity contribution is 5.79. The summed E-state index contributed by atoms with van der Waals surface area (Å²) >= 11 is 0. The molecule has 2 N–H and O–H groups in total. The van der Waals surface area contributed by atoms with Crippen molar-refractivity contribution < 1.29 is 9.15 Å². The lowest BCUT2D eigenvalue weighted by atomic mass is 9.94. The molecule has 1 aliphatic rings. The van der Waals surface area contributed by atoms with E-state index in [-0.39, 0.29) is 11.5 Å². The van der Waals surface area contributed by atoms with Crippen LogP contribution in [-0.2, 0) is 12.0 Å². The summed E-state index contributed by atoms with van der Waals surface area (Å²) in [5.41, 5.74) is 1.15. The zero-order valence-electron chi connectivity index (χ0n) is 19.6. The van der Waals surface area contributed by atoms with Gasteiger partial charge in [0.15, 0.2) is 5.96 Å². The molecule has 0 radical (unpaired) electrons. The molecule has 0 bridgehead atoms. The number of likely N-dealkylation sites (tertiary alicyclic amines) is 1. The molecule has 7 nitrogen and oxygen atoms in total. The maximum absolute atomic E-state index is 5.88. The fourth-order valence-electron chi connectivity index (χ4n) is 3.92. The summed E-state index contributed by atoms with van der Waals surface area (Å²) in [6, 6.07) is 8.51. The van der Waals surface area contributed by atoms with Crippen LogP contribution in [-0.4, -0.2) is 49.6 Å². The van der Waals surface area contributed by atoms with Crippen molar-refractivity contribution in [3.63, 3.8) is 0 Å². The van der Waals surface area contributed by atoms with E-state index in [1.165, 1.54) is 24.8 Å². The van der Waals surface area contributed by atoms with Gasteiger partial charge >= 0.3 is 0 Å². The fourth-order valence-corrected chi connectivity index (χ4v) is 3.92. The Morgan fingerprint density at radius 3 is 2.58 bits per heavy atom. The number of nitrogens with zero attached hydrogens (tertiary/aromatic N) is 3. The van der Waals surface area contributed by atoms with Gasteiger partial charge in [0.25, 0.3) is 0 Å². The summed E-state index contributed by atoms with van der Waals surface area (Å²) in [7, 11) is 3.52. The number of piperidine rings is 1. The highest BCUT2D eigenvalue weighted by Crippen LogP contribution is 2.31. The van der Waals surface area contributed by atoms with E-state index in [1.54, 1.807) is 20.4 Å². The molecule has 0 aliphatic carbocycles. The number of aliphatic imine (C=N–C) groups is 1. The quantitative estimate of drug-likeness (QED) is 0.516. The maximum atomic E-state index is 5.88. The number of ether oxygens (including phenoxy) is 1. The molecule has 170 valence electrons. The van der Waals surface area contributed by atoms with E-state index in [2.05, 4.69) is 58.4 Å². The SMILES string of the molecule is CN=C(NCc1ncc(C(C)(C)C)o1)NCC(c1ccccc1OC)N1CCCCC1. The Kier molecular flexibility index (Phi) is 7.96. The molecule has 0 spiro atoms. The second-order valence-corrected chi connectivity index (χ2v) is 9.03. The van der Waals surface area contributed by atoms with Crippen molar-refractivity contribution in [1.82, 2.24) is 20.5 Å². The van der Waals surface area contributed by atoms with Crippen LogP contribution in [0.5, 0.6) is 5.75 Å². The molecule has 1 saturated heterocycles. The smallest absolute Gasteiger partial charge is 0.213 e. The minimum Gasteiger partial charge on any atom is -0.496 e. The normalized spacial score (nSPS) is 16.7. The van der Waals surface area contributed by atoms with Crippen molar-refractivity contribution in [1.29, 1.82) is 0 Å². The first-order valence-corrected chi connectivity index (χ1v) is 11.2. The number of aromatic nitrogens is 1. The average molecular weight is 428 g/mol. The number of guanidine groups is 1. The van der Waals surface area contributed by atoms with Crippen LogP contribution >= 0.6 is 0 Å². The summed E-state index contributed by atoms with van der Waals surface area (Å²) in [6.07, 6.45) is 5.58. The van der Waals surface area contributed by atoms with E-state index >= 15 is 0 Å². The predicted molar refractivity (Wildman–Crippen MR) is 125 cm³/mol. The Labute approximate surface area is 186 Å². The highest BCUT2D eigenvalue weighted by Gasteiger charge is 2.25. The minimum atomic E-state index is -0.0540. The van der Waals surface area contributed by atoms with Gasteiger partial charge < -0.3 is 19.8 Å². The molecule has 2 heterocycles. The van der Waals surface area contributed by atoms with Crippen LogP contribution in [0.15, 0.2) is 39.9 Å². The zero-order chi connectivity index (χ0) is 22.3. The Morgan fingerprint density at radius 2 is 1.94 bits per heavy atom. The third-order valence-corrected chi connectivity index (χ3v) is 5.72. The summed E-state index contributed by atoms with van der Waals surface area (Å²) in [5.74, 6) is 3.20. The Balaban J connectivity index is 1.65. The number of methoxy groups -OCH3 is 1. The lowest BCUT2D eigenvalue weighted by molar-refractivity contribution is 0.161. The van der Waals surface area contributed by atoms with E-state index in [1.807, 2.05) is 12.1 Å². The van der Waals surface area contributed by atoms with Crippen LogP contribution in [0.3, 0.4) is 0 Å². The molecule has 2 aromatic rings. The van der Waals surface area contributed by atoms with E-state index in [0.717, 1.165) is 37.1 Å². The average Bonchev–Trinajstić information content (AvgIpc) is 3.27. The summed E-state index contributed by atoms with van der Waals surface area (Å²) in [5, 5.41) is 6.82. The molecular weight excluding hydrogens is 390 g/mol. The first kappa shape index (κ1) is 23.1. The minimum absolute atomic E-state index is 0.0540. The van der Waals surface area contributed by atoms with Crippen LogP contribution in [0.1, 0.15) is 63.3 Å². The summed E-state index contributed by atoms with van der Waals surface area (Å²) in [6.45, 7) is 9.76. The van der Waals surface area contributed by atoms with Crippen LogP contribution in [0.4, 0.5) is 0 Å². The molecule has 1 unspecified atom stereocenters. The van der Waals surface area contributed by atoms with E-state index in [0.29, 0.717) is 12.4 Å². The fraction of sp³-hybridized carbons (Fsp3) is 0.583. The van der Waals surface area contributed by atoms with E-state index in [9.17, 15) is 0 Å². The van der Waals surface area contributed by atoms with Gasteiger partial charge in [0.2, 0.25) is 5.89 Å². The van der Waals surface area contributed by atoms with Crippen LogP contribution in [0.2, 0.25) is 0 Å². The molecule has 0 saturated carbocycles. The number of benzene rings is 1. The van der Waals surface area contributed by atoms with Crippen molar-refractivity contribution >= 4 is 5.96 Å². The third kappa shape index (κ3) is 6.23. The molecule has 1 fully saturated rings. The molecule has 1 aromatic heterocycles. The maximum Gasteiger partial charge on any atom is 0.213 e. The van der Waals surface area contributed by atoms with Gasteiger partial charge in [0.1, 0.15) is 11.5 Å². The first-order valence-electron chi connectivity index (χ1n) is 11.2. The lowest BCUT2D eigenvalue weighted by Crippen LogP contribution is -2.44. The second kappa shape index (κ2) is 10.7. The number of para-hydroxylation sites is 1. The van der Waals surface area contributed by atoms with Gasteiger partial charge in [0.05, 0.1) is 25.9 Å². The van der Waals surface area contributed by atoms with Crippen molar-refractivity contribution in [3.05, 3.63) is 47.7 Å². The van der Waals surface area contributed by atoms with Gasteiger partial charge in [-0.25, -0.2) is 4.98 Å². The Morgan fingerprint density at radius 1 is 1.19 bits per heavy atom. The van der Waals surface area contributed by atoms with Gasteiger partial charge in [-0.15, -0.1) is 0 Å². The third-order valence-electron chi connectivity index (χ3n) is 5.72. The van der Waals surface area contributed by atoms with Crippen molar-refractivity contribution in [2.24, 2.45) is 4.99 Å². The van der Waals surface area contributed by atoms with Crippen LogP contribution in [0.25, 0.3) is 0 Å². The second-order valence-electron chi connectivity index (χ2n) is 9.03. The number of rotatable bonds is 7. The first-order chi connectivity index (χ1) is 14.9. The predicted octanol–water partition coefficient (Wildman–Crippen LogP) is 3.87. The van der Waals surface area contributed by atoms with Gasteiger partial charge in [-0.3, -0.25) is 9.89 Å². The molecule has 1 aromatic carbocycles. The molecule has 3 rings (SSSR count). The molecule has 0 amide bonds. The molecule has 1 aliphatic heterocycles. The van der Waals surface area contributed by atoms with Gasteiger partial charge in [-0.1, -0.05) is 45.4 Å². The van der Waals surface area contributed by atoms with E-state index in [4.69, 9.17) is 9.15 Å². The molecular formula is C24H37N5O2. The highest BCUT2D eigenvalue weighted by atomic mass is 16.5.